The second-order valence-corrected chi connectivity index (χ2v) is 4.05. The fraction of sp³-hybridized carbons (Fsp3) is 0.750. The summed E-state index contributed by atoms with van der Waals surface area (Å²) in [7, 11) is 0. The number of hydrogen-bond donors (Lipinski definition) is 0. The first-order chi connectivity index (χ1) is 7.13. The van der Waals surface area contributed by atoms with Crippen LogP contribution in [0, 0.1) is 51.7 Å². The third-order valence-electron chi connectivity index (χ3n) is 2.45. The fourth-order valence-electron chi connectivity index (χ4n) is 1.45. The van der Waals surface area contributed by atoms with E-state index in [4.69, 9.17) is 15.8 Å². The van der Waals surface area contributed by atoms with Gasteiger partial charge in [-0.15, -0.1) is 0 Å². The molecule has 3 unspecified atom stereocenters. The van der Waals surface area contributed by atoms with E-state index in [1.165, 1.54) is 0 Å². The maximum atomic E-state index is 8.87. The van der Waals surface area contributed by atoms with Gasteiger partial charge in [0.1, 0.15) is 0 Å². The molecule has 0 saturated heterocycles. The van der Waals surface area contributed by atoms with Crippen LogP contribution in [0.4, 0.5) is 0 Å². The maximum absolute atomic E-state index is 8.87. The molecule has 0 aliphatic heterocycles. The number of hydrogen-bond acceptors (Lipinski definition) is 3. The zero-order chi connectivity index (χ0) is 11.7. The van der Waals surface area contributed by atoms with Crippen LogP contribution in [0.15, 0.2) is 0 Å². The molecule has 80 valence electrons. The van der Waals surface area contributed by atoms with Gasteiger partial charge in [0.05, 0.1) is 18.2 Å². The highest BCUT2D eigenvalue weighted by Gasteiger charge is 2.12. The highest BCUT2D eigenvalue weighted by Crippen LogP contribution is 2.18. The Hall–Kier alpha value is -1.53. The summed E-state index contributed by atoms with van der Waals surface area (Å²) >= 11 is 0. The minimum Gasteiger partial charge on any atom is -0.198 e. The molecule has 0 fully saturated rings. The summed E-state index contributed by atoms with van der Waals surface area (Å²) < 4.78 is 0. The van der Waals surface area contributed by atoms with Crippen LogP contribution in [0.3, 0.4) is 0 Å². The van der Waals surface area contributed by atoms with Gasteiger partial charge >= 0.3 is 0 Å². The monoisotopic (exact) mass is 203 g/mol. The lowest BCUT2D eigenvalue weighted by Crippen LogP contribution is -2.04. The van der Waals surface area contributed by atoms with Gasteiger partial charge in [-0.05, 0) is 33.1 Å². The van der Waals surface area contributed by atoms with Crippen molar-refractivity contribution < 1.29 is 0 Å². The van der Waals surface area contributed by atoms with Crippen LogP contribution >= 0.6 is 0 Å². The van der Waals surface area contributed by atoms with E-state index in [9.17, 15) is 0 Å². The Morgan fingerprint density at radius 2 is 1.47 bits per heavy atom. The van der Waals surface area contributed by atoms with Gasteiger partial charge in [0, 0.05) is 17.8 Å². The molecule has 0 spiro atoms. The summed E-state index contributed by atoms with van der Waals surface area (Å²) in [6, 6.07) is 6.53. The standard InChI is InChI=1S/C12H17N3/c1-10(7-13)4-3-5-12(9-15)6-11(2)8-14/h10-12H,3-6H2,1-2H3. The predicted molar refractivity (Wildman–Crippen MR) is 57.1 cm³/mol. The highest BCUT2D eigenvalue weighted by molar-refractivity contribution is 4.90. The molecule has 0 heterocycles. The number of nitriles is 3. The van der Waals surface area contributed by atoms with Gasteiger partial charge in [0.2, 0.25) is 0 Å². The van der Waals surface area contributed by atoms with Crippen molar-refractivity contribution in [2.24, 2.45) is 17.8 Å². The molecule has 0 amide bonds. The normalized spacial score (nSPS) is 15.4. The van der Waals surface area contributed by atoms with Gasteiger partial charge in [0.25, 0.3) is 0 Å². The molecule has 3 nitrogen and oxygen atoms in total. The van der Waals surface area contributed by atoms with Crippen molar-refractivity contribution in [3.05, 3.63) is 0 Å². The molecule has 0 radical (unpaired) electrons. The third kappa shape index (κ3) is 6.53. The second kappa shape index (κ2) is 7.84. The van der Waals surface area contributed by atoms with E-state index in [-0.39, 0.29) is 17.8 Å². The van der Waals surface area contributed by atoms with Gasteiger partial charge in [0.15, 0.2) is 0 Å². The van der Waals surface area contributed by atoms with Crippen LogP contribution in [-0.4, -0.2) is 0 Å². The molecule has 0 rings (SSSR count). The van der Waals surface area contributed by atoms with Crippen molar-refractivity contribution in [2.75, 3.05) is 0 Å². The molecular formula is C12H17N3. The molecule has 0 aromatic heterocycles. The predicted octanol–water partition coefficient (Wildman–Crippen LogP) is 3.01. The third-order valence-corrected chi connectivity index (χ3v) is 2.45. The van der Waals surface area contributed by atoms with Crippen molar-refractivity contribution in [1.29, 1.82) is 15.8 Å². The van der Waals surface area contributed by atoms with Crippen LogP contribution in [-0.2, 0) is 0 Å². The molecule has 0 aliphatic rings. The molecule has 0 aliphatic carbocycles. The molecule has 0 bridgehead atoms. The maximum Gasteiger partial charge on any atom is 0.0656 e. The van der Waals surface area contributed by atoms with Gasteiger partial charge in [-0.3, -0.25) is 0 Å². The minimum absolute atomic E-state index is 0.0365. The van der Waals surface area contributed by atoms with Crippen LogP contribution in [0.5, 0.6) is 0 Å². The van der Waals surface area contributed by atoms with Crippen molar-refractivity contribution in [3.8, 4) is 18.2 Å². The molecule has 3 atom stereocenters. The van der Waals surface area contributed by atoms with Crippen LogP contribution in [0.25, 0.3) is 0 Å². The molecule has 3 heteroatoms. The average Bonchev–Trinajstić information content (AvgIpc) is 2.26. The van der Waals surface area contributed by atoms with Crippen molar-refractivity contribution in [3.63, 3.8) is 0 Å². The lowest BCUT2D eigenvalue weighted by atomic mass is 9.92. The first-order valence-electron chi connectivity index (χ1n) is 5.32. The fourth-order valence-corrected chi connectivity index (χ4v) is 1.45. The first-order valence-corrected chi connectivity index (χ1v) is 5.32. The first kappa shape index (κ1) is 13.5. The minimum atomic E-state index is -0.0527. The van der Waals surface area contributed by atoms with Crippen molar-refractivity contribution in [2.45, 2.75) is 39.5 Å². The summed E-state index contributed by atoms with van der Waals surface area (Å²) in [5.41, 5.74) is 0. The van der Waals surface area contributed by atoms with Gasteiger partial charge in [-0.25, -0.2) is 0 Å². The van der Waals surface area contributed by atoms with Crippen LogP contribution in [0.2, 0.25) is 0 Å². The Balaban J connectivity index is 3.79. The summed E-state index contributed by atoms with van der Waals surface area (Å²) in [6.07, 6.45) is 3.18. The molecule has 0 N–H and O–H groups in total. The Morgan fingerprint density at radius 3 is 1.93 bits per heavy atom. The summed E-state index contributed by atoms with van der Waals surface area (Å²) in [5, 5.41) is 26.1. The van der Waals surface area contributed by atoms with E-state index in [2.05, 4.69) is 18.2 Å². The SMILES string of the molecule is CC(C#N)CCCC(C#N)CC(C)C#N. The quantitative estimate of drug-likeness (QED) is 0.666. The molecule has 15 heavy (non-hydrogen) atoms. The highest BCUT2D eigenvalue weighted by atomic mass is 14.3. The van der Waals surface area contributed by atoms with Crippen molar-refractivity contribution in [1.82, 2.24) is 0 Å². The van der Waals surface area contributed by atoms with Gasteiger partial charge in [-0.1, -0.05) is 6.42 Å². The van der Waals surface area contributed by atoms with Crippen LogP contribution in [0.1, 0.15) is 39.5 Å². The lowest BCUT2D eigenvalue weighted by molar-refractivity contribution is 0.458. The summed E-state index contributed by atoms with van der Waals surface area (Å²) in [5.74, 6) is -0.0219. The molecule has 0 aromatic carbocycles. The van der Waals surface area contributed by atoms with Crippen LogP contribution < -0.4 is 0 Å². The van der Waals surface area contributed by atoms with E-state index < -0.39 is 0 Å². The molecular weight excluding hydrogens is 186 g/mol. The van der Waals surface area contributed by atoms with Gasteiger partial charge in [-0.2, -0.15) is 15.8 Å². The Morgan fingerprint density at radius 1 is 0.867 bits per heavy atom. The second-order valence-electron chi connectivity index (χ2n) is 4.05. The lowest BCUT2D eigenvalue weighted by Gasteiger charge is -2.10. The molecule has 0 saturated carbocycles. The van der Waals surface area contributed by atoms with E-state index in [0.29, 0.717) is 6.42 Å². The largest absolute Gasteiger partial charge is 0.198 e. The smallest absolute Gasteiger partial charge is 0.0656 e. The Kier molecular flexibility index (Phi) is 7.04. The zero-order valence-corrected chi connectivity index (χ0v) is 9.40. The summed E-state index contributed by atoms with van der Waals surface area (Å²) in [4.78, 5) is 0. The van der Waals surface area contributed by atoms with E-state index in [0.717, 1.165) is 19.3 Å². The van der Waals surface area contributed by atoms with E-state index >= 15 is 0 Å². The van der Waals surface area contributed by atoms with E-state index in [1.807, 2.05) is 13.8 Å². The van der Waals surface area contributed by atoms with E-state index in [1.54, 1.807) is 0 Å². The number of rotatable bonds is 6. The molecule has 0 aromatic rings. The Bertz CT molecular complexity index is 289. The van der Waals surface area contributed by atoms with Crippen molar-refractivity contribution >= 4 is 0 Å². The zero-order valence-electron chi connectivity index (χ0n) is 9.40. The summed E-state index contributed by atoms with van der Waals surface area (Å²) in [6.45, 7) is 3.72. The number of nitrogens with zero attached hydrogens (tertiary/aromatic N) is 3. The average molecular weight is 203 g/mol. The Labute approximate surface area is 91.9 Å². The topological polar surface area (TPSA) is 71.4 Å². The van der Waals surface area contributed by atoms with Gasteiger partial charge < -0.3 is 0 Å².